The molecule has 2 atom stereocenters. The normalized spacial score (nSPS) is 20.1. The van der Waals surface area contributed by atoms with Gasteiger partial charge in [0.2, 0.25) is 0 Å². The molecule has 1 amide bonds. The van der Waals surface area contributed by atoms with Gasteiger partial charge in [0, 0.05) is 32.0 Å². The molecule has 0 radical (unpaired) electrons. The molecule has 4 heterocycles. The summed E-state index contributed by atoms with van der Waals surface area (Å²) in [5.41, 5.74) is 3.26. The lowest BCUT2D eigenvalue weighted by atomic mass is 10.1. The minimum Gasteiger partial charge on any atom is -0.492 e. The van der Waals surface area contributed by atoms with Crippen LogP contribution in [-0.2, 0) is 4.74 Å². The van der Waals surface area contributed by atoms with E-state index in [9.17, 15) is 9.18 Å². The van der Waals surface area contributed by atoms with Crippen LogP contribution in [0.2, 0.25) is 0 Å². The Kier molecular flexibility index (Phi) is 5.89. The molecule has 0 saturated carbocycles. The topological polar surface area (TPSA) is 102 Å². The highest BCUT2D eigenvalue weighted by atomic mass is 19.1. The molecule has 1 aromatic carbocycles. The van der Waals surface area contributed by atoms with Crippen LogP contribution in [-0.4, -0.2) is 54.1 Å². The average Bonchev–Trinajstić information content (AvgIpc) is 3.22. The van der Waals surface area contributed by atoms with Gasteiger partial charge in [-0.1, -0.05) is 18.2 Å². The van der Waals surface area contributed by atoms with Gasteiger partial charge in [0.25, 0.3) is 5.91 Å². The van der Waals surface area contributed by atoms with Gasteiger partial charge in [-0.3, -0.25) is 14.5 Å². The monoisotopic (exact) mass is 464 g/mol. The van der Waals surface area contributed by atoms with Crippen LogP contribution in [0.3, 0.4) is 0 Å². The van der Waals surface area contributed by atoms with Gasteiger partial charge in [0.05, 0.1) is 42.5 Å². The molecule has 0 spiro atoms. The number of aromatic nitrogens is 3. The number of hydrogen-bond acceptors (Lipinski definition) is 7. The molecule has 0 saturated heterocycles. The van der Waals surface area contributed by atoms with Crippen molar-refractivity contribution >= 4 is 23.0 Å². The Morgan fingerprint density at radius 1 is 1.21 bits per heavy atom. The van der Waals surface area contributed by atoms with Crippen LogP contribution in [0.1, 0.15) is 23.0 Å². The number of benzene rings is 1. The van der Waals surface area contributed by atoms with Gasteiger partial charge in [0.1, 0.15) is 5.69 Å². The number of para-hydroxylation sites is 1. The number of hydrogen-bond donors (Lipinski definition) is 3. The Balaban J connectivity index is 1.72. The predicted octanol–water partition coefficient (Wildman–Crippen LogP) is 3.51. The van der Waals surface area contributed by atoms with Crippen LogP contribution in [0, 0.1) is 5.82 Å². The van der Waals surface area contributed by atoms with E-state index in [1.807, 2.05) is 18.2 Å². The Bertz CT molecular complexity index is 1260. The summed E-state index contributed by atoms with van der Waals surface area (Å²) < 4.78 is 27.0. The summed E-state index contributed by atoms with van der Waals surface area (Å²) in [7, 11) is 3.07. The van der Waals surface area contributed by atoms with Gasteiger partial charge in [0.15, 0.2) is 17.3 Å². The molecule has 176 valence electrons. The molecule has 0 fully saturated rings. The number of nitrogens with zero attached hydrogens (tertiary/aromatic N) is 3. The summed E-state index contributed by atoms with van der Waals surface area (Å²) in [5, 5.41) is 14.5. The first-order valence-corrected chi connectivity index (χ1v) is 11.0. The van der Waals surface area contributed by atoms with Gasteiger partial charge < -0.3 is 25.4 Å². The Morgan fingerprint density at radius 3 is 2.91 bits per heavy atom. The predicted molar refractivity (Wildman–Crippen MR) is 126 cm³/mol. The van der Waals surface area contributed by atoms with E-state index < -0.39 is 5.82 Å². The third-order valence-electron chi connectivity index (χ3n) is 6.03. The average molecular weight is 465 g/mol. The van der Waals surface area contributed by atoms with Crippen molar-refractivity contribution in [2.75, 3.05) is 37.9 Å². The van der Waals surface area contributed by atoms with Crippen molar-refractivity contribution in [2.45, 2.75) is 18.6 Å². The highest BCUT2D eigenvalue weighted by Gasteiger charge is 2.33. The summed E-state index contributed by atoms with van der Waals surface area (Å²) in [6.07, 6.45) is 7.93. The molecule has 9 nitrogen and oxygen atoms in total. The molecule has 34 heavy (non-hydrogen) atoms. The van der Waals surface area contributed by atoms with E-state index in [1.165, 1.54) is 13.2 Å². The number of carbonyl (C=O) groups is 1. The standard InChI is InChI=1S/C24H25FN6O3/c1-33-15-6-3-5-14-11-28-24(32)22-21(29-18-8-4-7-17(25)23(18)34-2)20(30-31(14)22)16-9-10-26-13-19(16)27-12-15/h3-4,6-10,13-15,27,29H,5,11-12H2,1-2H3,(H,28,32)/b6-3+/t14-,15+/m0/s1. The van der Waals surface area contributed by atoms with E-state index in [0.717, 1.165) is 11.3 Å². The fourth-order valence-electron chi connectivity index (χ4n) is 4.31. The molecule has 2 aromatic heterocycles. The number of fused-ring (bicyclic) bond motifs is 3. The maximum Gasteiger partial charge on any atom is 0.271 e. The second-order valence-electron chi connectivity index (χ2n) is 8.07. The molecule has 3 aromatic rings. The smallest absolute Gasteiger partial charge is 0.271 e. The van der Waals surface area contributed by atoms with Crippen LogP contribution >= 0.6 is 0 Å². The number of amides is 1. The van der Waals surface area contributed by atoms with E-state index >= 15 is 0 Å². The number of pyridine rings is 1. The lowest BCUT2D eigenvalue weighted by Crippen LogP contribution is -2.39. The first-order chi connectivity index (χ1) is 16.6. The molecular formula is C24H25FN6O3. The summed E-state index contributed by atoms with van der Waals surface area (Å²) in [6.45, 7) is 0.973. The lowest BCUT2D eigenvalue weighted by Gasteiger charge is -2.25. The molecule has 2 bridgehead atoms. The number of ether oxygens (including phenoxy) is 2. The minimum atomic E-state index is -0.509. The van der Waals surface area contributed by atoms with Crippen molar-refractivity contribution in [2.24, 2.45) is 0 Å². The SMILES string of the molecule is COc1c(F)cccc1Nc1c2nn3c1C(=O)NC[C@@H]3C/C=C/[C@@H](OC)CNc1cnccc1-2. The first kappa shape index (κ1) is 21.9. The van der Waals surface area contributed by atoms with Crippen LogP contribution in [0.5, 0.6) is 5.75 Å². The number of rotatable bonds is 4. The number of methoxy groups -OCH3 is 2. The van der Waals surface area contributed by atoms with Gasteiger partial charge in [-0.2, -0.15) is 5.10 Å². The fraction of sp³-hybridized carbons (Fsp3) is 0.292. The quantitative estimate of drug-likeness (QED) is 0.508. The number of carbonyl (C=O) groups excluding carboxylic acids is 1. The molecule has 0 aliphatic carbocycles. The van der Waals surface area contributed by atoms with Gasteiger partial charge in [-0.25, -0.2) is 4.39 Å². The number of halogens is 1. The highest BCUT2D eigenvalue weighted by molar-refractivity contribution is 6.04. The number of nitrogens with one attached hydrogen (secondary N) is 3. The largest absolute Gasteiger partial charge is 0.492 e. The Hall–Kier alpha value is -3.92. The highest BCUT2D eigenvalue weighted by Crippen LogP contribution is 2.41. The van der Waals surface area contributed by atoms with Gasteiger partial charge >= 0.3 is 0 Å². The second kappa shape index (κ2) is 9.14. The first-order valence-electron chi connectivity index (χ1n) is 11.0. The van der Waals surface area contributed by atoms with Crippen molar-refractivity contribution < 1.29 is 18.7 Å². The fourth-order valence-corrected chi connectivity index (χ4v) is 4.31. The zero-order chi connectivity index (χ0) is 23.7. The molecule has 5 rings (SSSR count). The van der Waals surface area contributed by atoms with Crippen molar-refractivity contribution in [3.05, 3.63) is 60.3 Å². The number of anilines is 3. The lowest BCUT2D eigenvalue weighted by molar-refractivity contribution is 0.0910. The van der Waals surface area contributed by atoms with E-state index in [4.69, 9.17) is 14.6 Å². The summed E-state index contributed by atoms with van der Waals surface area (Å²) in [4.78, 5) is 17.3. The number of allylic oxidation sites excluding steroid dienone is 1. The third kappa shape index (κ3) is 3.86. The van der Waals surface area contributed by atoms with Crippen LogP contribution in [0.25, 0.3) is 11.3 Å². The van der Waals surface area contributed by atoms with E-state index in [0.29, 0.717) is 42.3 Å². The Morgan fingerprint density at radius 2 is 2.09 bits per heavy atom. The molecule has 0 unspecified atom stereocenters. The molecule has 3 N–H and O–H groups in total. The second-order valence-corrected chi connectivity index (χ2v) is 8.07. The van der Waals surface area contributed by atoms with Crippen LogP contribution < -0.4 is 20.7 Å². The van der Waals surface area contributed by atoms with E-state index in [-0.39, 0.29) is 23.8 Å². The third-order valence-corrected chi connectivity index (χ3v) is 6.03. The van der Waals surface area contributed by atoms with Crippen molar-refractivity contribution in [1.29, 1.82) is 0 Å². The van der Waals surface area contributed by atoms with Crippen molar-refractivity contribution in [3.8, 4) is 17.0 Å². The minimum absolute atomic E-state index is 0.0537. The van der Waals surface area contributed by atoms with E-state index in [2.05, 4.69) is 20.9 Å². The molecule has 10 heteroatoms. The van der Waals surface area contributed by atoms with Crippen LogP contribution in [0.15, 0.2) is 48.8 Å². The molecular weight excluding hydrogens is 439 g/mol. The van der Waals surface area contributed by atoms with Gasteiger partial charge in [-0.15, -0.1) is 0 Å². The van der Waals surface area contributed by atoms with E-state index in [1.54, 1.807) is 36.3 Å². The molecule has 2 aliphatic rings. The maximum absolute atomic E-state index is 14.4. The molecule has 2 aliphatic heterocycles. The van der Waals surface area contributed by atoms with Gasteiger partial charge in [-0.05, 0) is 24.6 Å². The summed E-state index contributed by atoms with van der Waals surface area (Å²) >= 11 is 0. The summed E-state index contributed by atoms with van der Waals surface area (Å²) in [5.74, 6) is -0.714. The maximum atomic E-state index is 14.4. The zero-order valence-electron chi connectivity index (χ0n) is 18.8. The Labute approximate surface area is 196 Å². The zero-order valence-corrected chi connectivity index (χ0v) is 18.8. The van der Waals surface area contributed by atoms with Crippen molar-refractivity contribution in [3.63, 3.8) is 0 Å². The van der Waals surface area contributed by atoms with Crippen molar-refractivity contribution in [1.82, 2.24) is 20.1 Å². The summed E-state index contributed by atoms with van der Waals surface area (Å²) in [6, 6.07) is 6.33. The van der Waals surface area contributed by atoms with Crippen LogP contribution in [0.4, 0.5) is 21.5 Å².